The average Bonchev–Trinajstić information content (AvgIpc) is 3.36. The van der Waals surface area contributed by atoms with Crippen LogP contribution in [-0.2, 0) is 9.63 Å². The Hall–Kier alpha value is -3.51. The lowest BCUT2D eigenvalue weighted by molar-refractivity contribution is -0.144. The minimum absolute atomic E-state index is 0.0357. The first-order valence-corrected chi connectivity index (χ1v) is 11.3. The van der Waals surface area contributed by atoms with Crippen LogP contribution in [0, 0.1) is 5.82 Å². The van der Waals surface area contributed by atoms with Gasteiger partial charge in [-0.15, -0.1) is 0 Å². The third-order valence-corrected chi connectivity index (χ3v) is 6.34. The standard InChI is InChI=1S/C27H26FN3O2/c28-23-13-11-20(12-14-23)24-19-25(33-29-24)27(32)31-17-15-30(16-18-31)26(21-7-3-1-4-8-21)22-9-5-2-6-10-22/h1-14,25-26H,15-19H2. The zero-order chi connectivity index (χ0) is 22.6. The second kappa shape index (κ2) is 9.55. The van der Waals surface area contributed by atoms with Crippen molar-refractivity contribution in [1.82, 2.24) is 9.80 Å². The van der Waals surface area contributed by atoms with Crippen LogP contribution in [0.1, 0.15) is 29.2 Å². The van der Waals surface area contributed by atoms with Gasteiger partial charge in [0.15, 0.2) is 0 Å². The van der Waals surface area contributed by atoms with Crippen LogP contribution in [0.15, 0.2) is 90.1 Å². The molecule has 1 atom stereocenters. The van der Waals surface area contributed by atoms with Crippen LogP contribution in [-0.4, -0.2) is 53.7 Å². The molecule has 0 N–H and O–H groups in total. The summed E-state index contributed by atoms with van der Waals surface area (Å²) < 4.78 is 13.2. The van der Waals surface area contributed by atoms with Gasteiger partial charge in [-0.3, -0.25) is 9.69 Å². The summed E-state index contributed by atoms with van der Waals surface area (Å²) in [6.45, 7) is 2.83. The maximum absolute atomic E-state index is 13.2. The van der Waals surface area contributed by atoms with Gasteiger partial charge in [0.2, 0.25) is 6.10 Å². The van der Waals surface area contributed by atoms with Gasteiger partial charge in [0, 0.05) is 32.6 Å². The van der Waals surface area contributed by atoms with E-state index in [0.29, 0.717) is 25.2 Å². The van der Waals surface area contributed by atoms with E-state index in [4.69, 9.17) is 4.84 Å². The number of oxime groups is 1. The number of rotatable bonds is 5. The maximum atomic E-state index is 13.2. The molecular formula is C27H26FN3O2. The van der Waals surface area contributed by atoms with E-state index in [1.807, 2.05) is 17.0 Å². The number of benzene rings is 3. The molecule has 0 aliphatic carbocycles. The molecule has 5 nitrogen and oxygen atoms in total. The summed E-state index contributed by atoms with van der Waals surface area (Å²) in [5.74, 6) is -0.334. The molecule has 0 bridgehead atoms. The van der Waals surface area contributed by atoms with Crippen molar-refractivity contribution < 1.29 is 14.0 Å². The van der Waals surface area contributed by atoms with Gasteiger partial charge in [0.1, 0.15) is 5.82 Å². The van der Waals surface area contributed by atoms with Crippen LogP contribution >= 0.6 is 0 Å². The van der Waals surface area contributed by atoms with E-state index in [1.54, 1.807) is 12.1 Å². The average molecular weight is 444 g/mol. The number of carbonyl (C=O) groups is 1. The zero-order valence-electron chi connectivity index (χ0n) is 18.3. The molecule has 5 rings (SSSR count). The Morgan fingerprint density at radius 2 is 1.42 bits per heavy atom. The Morgan fingerprint density at radius 1 is 0.848 bits per heavy atom. The van der Waals surface area contributed by atoms with Crippen molar-refractivity contribution in [2.45, 2.75) is 18.6 Å². The lowest BCUT2D eigenvalue weighted by Crippen LogP contribution is -2.52. The van der Waals surface area contributed by atoms with Gasteiger partial charge < -0.3 is 9.74 Å². The van der Waals surface area contributed by atoms with Crippen molar-refractivity contribution in [3.63, 3.8) is 0 Å². The molecule has 33 heavy (non-hydrogen) atoms. The Morgan fingerprint density at radius 3 is 2.00 bits per heavy atom. The predicted molar refractivity (Wildman–Crippen MR) is 125 cm³/mol. The van der Waals surface area contributed by atoms with Gasteiger partial charge in [-0.2, -0.15) is 0 Å². The van der Waals surface area contributed by atoms with Crippen LogP contribution in [0.4, 0.5) is 4.39 Å². The van der Waals surface area contributed by atoms with Crippen molar-refractivity contribution in [2.24, 2.45) is 5.16 Å². The molecule has 1 unspecified atom stereocenters. The fourth-order valence-electron chi connectivity index (χ4n) is 4.61. The van der Waals surface area contributed by atoms with Gasteiger partial charge in [0.25, 0.3) is 5.91 Å². The molecule has 1 fully saturated rings. The van der Waals surface area contributed by atoms with Crippen molar-refractivity contribution in [1.29, 1.82) is 0 Å². The Balaban J connectivity index is 1.23. The van der Waals surface area contributed by atoms with Crippen LogP contribution < -0.4 is 0 Å². The lowest BCUT2D eigenvalue weighted by atomic mass is 9.96. The van der Waals surface area contributed by atoms with Crippen LogP contribution in [0.2, 0.25) is 0 Å². The first kappa shape index (κ1) is 21.3. The molecule has 2 aliphatic heterocycles. The number of amides is 1. The molecule has 2 heterocycles. The highest BCUT2D eigenvalue weighted by molar-refractivity contribution is 6.04. The molecular weight excluding hydrogens is 417 g/mol. The summed E-state index contributed by atoms with van der Waals surface area (Å²) in [5, 5.41) is 4.09. The van der Waals surface area contributed by atoms with E-state index in [2.05, 4.69) is 58.6 Å². The smallest absolute Gasteiger partial charge is 0.266 e. The van der Waals surface area contributed by atoms with E-state index in [-0.39, 0.29) is 17.8 Å². The minimum atomic E-state index is -0.615. The summed E-state index contributed by atoms with van der Waals surface area (Å²) in [7, 11) is 0. The van der Waals surface area contributed by atoms with E-state index in [0.717, 1.165) is 18.7 Å². The largest absolute Gasteiger partial charge is 0.382 e. The third-order valence-electron chi connectivity index (χ3n) is 6.34. The molecule has 0 saturated carbocycles. The molecule has 0 radical (unpaired) electrons. The summed E-state index contributed by atoms with van der Waals surface area (Å²) >= 11 is 0. The fraction of sp³-hybridized carbons (Fsp3) is 0.259. The molecule has 6 heteroatoms. The molecule has 3 aromatic rings. The normalized spacial score (nSPS) is 18.8. The topological polar surface area (TPSA) is 45.1 Å². The second-order valence-corrected chi connectivity index (χ2v) is 8.43. The van der Waals surface area contributed by atoms with Gasteiger partial charge in [-0.25, -0.2) is 4.39 Å². The molecule has 168 valence electrons. The number of halogens is 1. The molecule has 1 saturated heterocycles. The highest BCUT2D eigenvalue weighted by Gasteiger charge is 2.35. The summed E-state index contributed by atoms with van der Waals surface area (Å²) in [6, 6.07) is 27.3. The third kappa shape index (κ3) is 4.66. The summed E-state index contributed by atoms with van der Waals surface area (Å²) in [4.78, 5) is 22.9. The molecule has 2 aliphatic rings. The van der Waals surface area contributed by atoms with Crippen LogP contribution in [0.3, 0.4) is 0 Å². The highest BCUT2D eigenvalue weighted by atomic mass is 19.1. The first-order valence-electron chi connectivity index (χ1n) is 11.3. The Kier molecular flexibility index (Phi) is 6.17. The van der Waals surface area contributed by atoms with E-state index >= 15 is 0 Å². The van der Waals surface area contributed by atoms with Gasteiger partial charge in [-0.05, 0) is 28.8 Å². The molecule has 0 aromatic heterocycles. The van der Waals surface area contributed by atoms with Gasteiger partial charge >= 0.3 is 0 Å². The minimum Gasteiger partial charge on any atom is -0.382 e. The lowest BCUT2D eigenvalue weighted by Gasteiger charge is -2.40. The van der Waals surface area contributed by atoms with Crippen molar-refractivity contribution in [2.75, 3.05) is 26.2 Å². The predicted octanol–water partition coefficient (Wildman–Crippen LogP) is 4.25. The van der Waals surface area contributed by atoms with Gasteiger partial charge in [0.05, 0.1) is 11.8 Å². The fourth-order valence-corrected chi connectivity index (χ4v) is 4.61. The number of piperazine rings is 1. The van der Waals surface area contributed by atoms with Crippen molar-refractivity contribution in [3.05, 3.63) is 107 Å². The first-order chi connectivity index (χ1) is 16.2. The quantitative estimate of drug-likeness (QED) is 0.592. The molecule has 3 aromatic carbocycles. The summed E-state index contributed by atoms with van der Waals surface area (Å²) in [5.41, 5.74) is 3.96. The zero-order valence-corrected chi connectivity index (χ0v) is 18.3. The number of nitrogens with zero attached hydrogens (tertiary/aromatic N) is 3. The van der Waals surface area contributed by atoms with Crippen LogP contribution in [0.5, 0.6) is 0 Å². The number of hydrogen-bond acceptors (Lipinski definition) is 4. The summed E-state index contributed by atoms with van der Waals surface area (Å²) in [6.07, 6.45) is -0.211. The Labute approximate surface area is 193 Å². The van der Waals surface area contributed by atoms with Crippen molar-refractivity contribution in [3.8, 4) is 0 Å². The van der Waals surface area contributed by atoms with E-state index < -0.39 is 6.10 Å². The Bertz CT molecular complexity index is 1070. The highest BCUT2D eigenvalue weighted by Crippen LogP contribution is 2.30. The number of carbonyl (C=O) groups excluding carboxylic acids is 1. The molecule has 0 spiro atoms. The maximum Gasteiger partial charge on any atom is 0.266 e. The van der Waals surface area contributed by atoms with Crippen LogP contribution in [0.25, 0.3) is 0 Å². The monoisotopic (exact) mass is 443 g/mol. The van der Waals surface area contributed by atoms with E-state index in [1.165, 1.54) is 23.3 Å². The second-order valence-electron chi connectivity index (χ2n) is 8.43. The van der Waals surface area contributed by atoms with E-state index in [9.17, 15) is 9.18 Å². The van der Waals surface area contributed by atoms with Gasteiger partial charge in [-0.1, -0.05) is 78.0 Å². The van der Waals surface area contributed by atoms with Crippen molar-refractivity contribution >= 4 is 11.6 Å². The number of hydrogen-bond donors (Lipinski definition) is 0. The molecule has 1 amide bonds. The SMILES string of the molecule is O=C(C1CC(c2ccc(F)cc2)=NO1)N1CCN(C(c2ccccc2)c2ccccc2)CC1.